The second-order valence-corrected chi connectivity index (χ2v) is 5.40. The maximum Gasteiger partial charge on any atom is 0.307 e. The lowest BCUT2D eigenvalue weighted by Crippen LogP contribution is -2.26. The molecule has 0 radical (unpaired) electrons. The Morgan fingerprint density at radius 1 is 1.32 bits per heavy atom. The molecular weight excluding hydrogens is 310 g/mol. The Bertz CT molecular complexity index is 510. The first-order valence-corrected chi connectivity index (χ1v) is 6.80. The monoisotopic (exact) mass is 323 g/mol. The summed E-state index contributed by atoms with van der Waals surface area (Å²) in [6, 6.07) is 7.81. The van der Waals surface area contributed by atoms with Crippen molar-refractivity contribution in [3.8, 4) is 0 Å². The number of rotatable bonds is 5. The van der Waals surface area contributed by atoms with Gasteiger partial charge in [0.1, 0.15) is 0 Å². The summed E-state index contributed by atoms with van der Waals surface area (Å²) in [6.45, 7) is 0.414. The largest absolute Gasteiger partial charge is 0.481 e. The number of benzene rings is 1. The molecule has 2 N–H and O–H groups in total. The third kappa shape index (κ3) is 3.92. The van der Waals surface area contributed by atoms with Gasteiger partial charge in [-0.3, -0.25) is 9.59 Å². The molecule has 1 aliphatic carbocycles. The minimum Gasteiger partial charge on any atom is -0.481 e. The number of carbonyl (C=O) groups is 2. The molecule has 1 aliphatic rings. The van der Waals surface area contributed by atoms with E-state index in [1.165, 1.54) is 0 Å². The summed E-state index contributed by atoms with van der Waals surface area (Å²) in [4.78, 5) is 22.2. The predicted molar refractivity (Wildman–Crippen MR) is 75.4 cm³/mol. The summed E-state index contributed by atoms with van der Waals surface area (Å²) in [5.41, 5.74) is 1.05. The quantitative estimate of drug-likeness (QED) is 0.873. The molecule has 0 heterocycles. The smallest absolute Gasteiger partial charge is 0.307 e. The summed E-state index contributed by atoms with van der Waals surface area (Å²) in [5.74, 6) is -1.90. The summed E-state index contributed by atoms with van der Waals surface area (Å²) in [6.07, 6.45) is 4.21. The molecule has 2 rings (SSSR count). The maximum absolute atomic E-state index is 11.6. The number of aliphatic carboxylic acids is 1. The van der Waals surface area contributed by atoms with Gasteiger partial charge in [0.05, 0.1) is 11.8 Å². The molecule has 5 heteroatoms. The first-order chi connectivity index (χ1) is 9.08. The Kier molecular flexibility index (Phi) is 4.37. The summed E-state index contributed by atoms with van der Waals surface area (Å²) in [7, 11) is 0. The fraction of sp³-hybridized carbons (Fsp3) is 0.286. The van der Waals surface area contributed by atoms with E-state index >= 15 is 0 Å². The molecule has 0 aromatic heterocycles. The van der Waals surface area contributed by atoms with Crippen molar-refractivity contribution >= 4 is 33.9 Å². The molecule has 1 saturated carbocycles. The van der Waals surface area contributed by atoms with E-state index in [9.17, 15) is 9.59 Å². The zero-order chi connectivity index (χ0) is 13.8. The number of carboxylic acid groups (broad SMARTS) is 1. The predicted octanol–water partition coefficient (Wildman–Crippen LogP) is 2.30. The van der Waals surface area contributed by atoms with Crippen molar-refractivity contribution in [2.24, 2.45) is 11.8 Å². The van der Waals surface area contributed by atoms with Gasteiger partial charge in [0.25, 0.3) is 0 Å². The second kappa shape index (κ2) is 6.02. The van der Waals surface area contributed by atoms with Crippen molar-refractivity contribution in [3.63, 3.8) is 0 Å². The molecule has 19 heavy (non-hydrogen) atoms. The van der Waals surface area contributed by atoms with Crippen molar-refractivity contribution in [2.75, 3.05) is 6.54 Å². The van der Waals surface area contributed by atoms with Crippen LogP contribution in [0.25, 0.3) is 6.08 Å². The van der Waals surface area contributed by atoms with Crippen LogP contribution in [-0.2, 0) is 9.59 Å². The molecule has 0 aliphatic heterocycles. The number of carboxylic acids is 1. The Balaban J connectivity index is 1.73. The van der Waals surface area contributed by atoms with Gasteiger partial charge in [-0.25, -0.2) is 0 Å². The van der Waals surface area contributed by atoms with Crippen LogP contribution >= 0.6 is 15.9 Å². The van der Waals surface area contributed by atoms with E-state index in [2.05, 4.69) is 21.2 Å². The standard InChI is InChI=1S/C14H14BrNO3/c15-10-5-3-9(4-6-10)2-1-7-16-13(17)11-8-12(11)14(18)19/h1-6,11-12H,7-8H2,(H,16,17)(H,18,19)/b2-1+/t11-,12+/m0/s1. The van der Waals surface area contributed by atoms with Crippen LogP contribution in [0.1, 0.15) is 12.0 Å². The summed E-state index contributed by atoms with van der Waals surface area (Å²) < 4.78 is 1.02. The molecule has 1 fully saturated rings. The van der Waals surface area contributed by atoms with Crippen LogP contribution in [-0.4, -0.2) is 23.5 Å². The molecule has 0 unspecified atom stereocenters. The van der Waals surface area contributed by atoms with Crippen LogP contribution in [0.2, 0.25) is 0 Å². The van der Waals surface area contributed by atoms with Crippen molar-refractivity contribution < 1.29 is 14.7 Å². The van der Waals surface area contributed by atoms with Gasteiger partial charge in [-0.1, -0.05) is 40.2 Å². The highest BCUT2D eigenvalue weighted by Gasteiger charge is 2.48. The molecular formula is C14H14BrNO3. The number of carbonyl (C=O) groups excluding carboxylic acids is 1. The molecule has 2 atom stereocenters. The molecule has 0 spiro atoms. The SMILES string of the molecule is O=C(NC/C=C/c1ccc(Br)cc1)[C@H]1C[C@H]1C(=O)O. The fourth-order valence-corrected chi connectivity index (χ4v) is 2.08. The second-order valence-electron chi connectivity index (χ2n) is 4.49. The van der Waals surface area contributed by atoms with Gasteiger partial charge >= 0.3 is 5.97 Å². The van der Waals surface area contributed by atoms with Crippen LogP contribution in [0.5, 0.6) is 0 Å². The van der Waals surface area contributed by atoms with E-state index in [-0.39, 0.29) is 11.8 Å². The minimum atomic E-state index is -0.884. The first kappa shape index (κ1) is 13.8. The number of nitrogens with one attached hydrogen (secondary N) is 1. The highest BCUT2D eigenvalue weighted by Crippen LogP contribution is 2.38. The van der Waals surface area contributed by atoms with Gasteiger partial charge in [-0.05, 0) is 24.1 Å². The summed E-state index contributed by atoms with van der Waals surface area (Å²) in [5, 5.41) is 11.4. The van der Waals surface area contributed by atoms with Crippen molar-refractivity contribution in [1.82, 2.24) is 5.32 Å². The van der Waals surface area contributed by atoms with E-state index in [4.69, 9.17) is 5.11 Å². The van der Waals surface area contributed by atoms with E-state index in [0.29, 0.717) is 13.0 Å². The van der Waals surface area contributed by atoms with Crippen molar-refractivity contribution in [2.45, 2.75) is 6.42 Å². The fourth-order valence-electron chi connectivity index (χ4n) is 1.82. The Labute approximate surface area is 119 Å². The normalized spacial score (nSPS) is 21.3. The number of hydrogen-bond donors (Lipinski definition) is 2. The summed E-state index contributed by atoms with van der Waals surface area (Å²) >= 11 is 3.36. The Morgan fingerprint density at radius 3 is 2.58 bits per heavy atom. The Morgan fingerprint density at radius 2 is 2.00 bits per heavy atom. The van der Waals surface area contributed by atoms with Crippen molar-refractivity contribution in [1.29, 1.82) is 0 Å². The van der Waals surface area contributed by atoms with Gasteiger partial charge in [0, 0.05) is 11.0 Å². The topological polar surface area (TPSA) is 66.4 Å². The molecule has 100 valence electrons. The van der Waals surface area contributed by atoms with Crippen LogP contribution in [0.4, 0.5) is 0 Å². The molecule has 0 bridgehead atoms. The van der Waals surface area contributed by atoms with E-state index in [1.807, 2.05) is 36.4 Å². The van der Waals surface area contributed by atoms with Crippen LogP contribution in [0, 0.1) is 11.8 Å². The Hall–Kier alpha value is -1.62. The van der Waals surface area contributed by atoms with E-state index < -0.39 is 11.9 Å². The lowest BCUT2D eigenvalue weighted by atomic mass is 10.2. The third-order valence-corrected chi connectivity index (χ3v) is 3.55. The van der Waals surface area contributed by atoms with Gasteiger partial charge in [0.15, 0.2) is 0 Å². The van der Waals surface area contributed by atoms with Gasteiger partial charge in [0.2, 0.25) is 5.91 Å². The number of hydrogen-bond acceptors (Lipinski definition) is 2. The lowest BCUT2D eigenvalue weighted by Gasteiger charge is -2.00. The van der Waals surface area contributed by atoms with Crippen LogP contribution in [0.15, 0.2) is 34.8 Å². The molecule has 1 amide bonds. The zero-order valence-electron chi connectivity index (χ0n) is 10.2. The number of halogens is 1. The van der Waals surface area contributed by atoms with Gasteiger partial charge in [-0.15, -0.1) is 0 Å². The van der Waals surface area contributed by atoms with Gasteiger partial charge in [-0.2, -0.15) is 0 Å². The van der Waals surface area contributed by atoms with E-state index in [1.54, 1.807) is 0 Å². The van der Waals surface area contributed by atoms with Gasteiger partial charge < -0.3 is 10.4 Å². The minimum absolute atomic E-state index is 0.173. The average Bonchev–Trinajstić information content (AvgIpc) is 3.17. The molecule has 4 nitrogen and oxygen atoms in total. The highest BCUT2D eigenvalue weighted by molar-refractivity contribution is 9.10. The molecule has 1 aromatic carbocycles. The number of amides is 1. The molecule has 0 saturated heterocycles. The average molecular weight is 324 g/mol. The highest BCUT2D eigenvalue weighted by atomic mass is 79.9. The van der Waals surface area contributed by atoms with Crippen LogP contribution in [0.3, 0.4) is 0 Å². The maximum atomic E-state index is 11.6. The first-order valence-electron chi connectivity index (χ1n) is 6.00. The third-order valence-electron chi connectivity index (χ3n) is 3.02. The van der Waals surface area contributed by atoms with Crippen molar-refractivity contribution in [3.05, 3.63) is 40.4 Å². The van der Waals surface area contributed by atoms with Crippen LogP contribution < -0.4 is 5.32 Å². The van der Waals surface area contributed by atoms with E-state index in [0.717, 1.165) is 10.0 Å². The molecule has 1 aromatic rings. The lowest BCUT2D eigenvalue weighted by molar-refractivity contribution is -0.140. The zero-order valence-corrected chi connectivity index (χ0v) is 11.8.